The fraction of sp³-hybridized carbons (Fsp3) is 0.200. The van der Waals surface area contributed by atoms with Gasteiger partial charge in [0.05, 0.1) is 0 Å². The molecule has 0 unspecified atom stereocenters. The first-order valence-corrected chi connectivity index (χ1v) is 1.92. The van der Waals surface area contributed by atoms with Crippen LogP contribution in [0.2, 0.25) is 0 Å². The Bertz CT molecular complexity index is 131. The van der Waals surface area contributed by atoms with E-state index in [4.69, 9.17) is 0 Å². The number of hydrogen-bond acceptors (Lipinski definition) is 0. The second-order valence-electron chi connectivity index (χ2n) is 1.35. The number of rotatable bonds is 1. The van der Waals surface area contributed by atoms with Gasteiger partial charge in [0.25, 0.3) is 0 Å². The standard InChI is InChI=1S/C5H5F3/c1-3(2)4(6)5(7)8/h1H2,2H3. The molecule has 0 rings (SSSR count). The minimum Gasteiger partial charge on any atom is -0.201 e. The molecule has 0 amide bonds. The Hall–Kier alpha value is -0.730. The fourth-order valence-corrected chi connectivity index (χ4v) is 0.161. The topological polar surface area (TPSA) is 0 Å². The van der Waals surface area contributed by atoms with Crippen LogP contribution in [0.4, 0.5) is 13.2 Å². The van der Waals surface area contributed by atoms with E-state index in [0.717, 1.165) is 0 Å². The van der Waals surface area contributed by atoms with Crippen molar-refractivity contribution in [2.24, 2.45) is 0 Å². The highest BCUT2D eigenvalue weighted by molar-refractivity contribution is 5.19. The Morgan fingerprint density at radius 3 is 1.62 bits per heavy atom. The number of halogens is 3. The predicted octanol–water partition coefficient (Wildman–Crippen LogP) is 2.64. The van der Waals surface area contributed by atoms with Crippen LogP contribution in [0, 0.1) is 0 Å². The second-order valence-corrected chi connectivity index (χ2v) is 1.35. The quantitative estimate of drug-likeness (QED) is 0.469. The van der Waals surface area contributed by atoms with Crippen molar-refractivity contribution in [1.29, 1.82) is 0 Å². The normalized spacial score (nSPS) is 8.50. The molecule has 3 heteroatoms. The van der Waals surface area contributed by atoms with E-state index >= 15 is 0 Å². The van der Waals surface area contributed by atoms with Crippen molar-refractivity contribution < 1.29 is 13.2 Å². The summed E-state index contributed by atoms with van der Waals surface area (Å²) in [7, 11) is 0. The van der Waals surface area contributed by atoms with E-state index in [0.29, 0.717) is 0 Å². The van der Waals surface area contributed by atoms with Gasteiger partial charge in [-0.25, -0.2) is 4.39 Å². The van der Waals surface area contributed by atoms with Crippen molar-refractivity contribution in [2.75, 3.05) is 0 Å². The van der Waals surface area contributed by atoms with E-state index in [9.17, 15) is 13.2 Å². The Morgan fingerprint density at radius 1 is 1.25 bits per heavy atom. The highest BCUT2D eigenvalue weighted by Gasteiger charge is 2.03. The molecule has 0 heterocycles. The van der Waals surface area contributed by atoms with Crippen LogP contribution in [0.5, 0.6) is 0 Å². The third-order valence-electron chi connectivity index (χ3n) is 0.541. The van der Waals surface area contributed by atoms with Crippen molar-refractivity contribution >= 4 is 0 Å². The summed E-state index contributed by atoms with van der Waals surface area (Å²) < 4.78 is 33.9. The van der Waals surface area contributed by atoms with Gasteiger partial charge in [-0.05, 0) is 12.5 Å². The monoisotopic (exact) mass is 122 g/mol. The van der Waals surface area contributed by atoms with Gasteiger partial charge in [0, 0.05) is 0 Å². The third kappa shape index (κ3) is 1.82. The molecule has 0 bridgehead atoms. The van der Waals surface area contributed by atoms with Crippen LogP contribution in [0.25, 0.3) is 0 Å². The molecule has 0 aromatic rings. The molecule has 0 saturated carbocycles. The first kappa shape index (κ1) is 7.27. The maximum absolute atomic E-state index is 11.7. The molecule has 0 aromatic carbocycles. The fourth-order valence-electron chi connectivity index (χ4n) is 0.161. The average Bonchev–Trinajstić information content (AvgIpc) is 1.64. The largest absolute Gasteiger partial charge is 0.305 e. The van der Waals surface area contributed by atoms with Gasteiger partial charge in [-0.1, -0.05) is 6.58 Å². The zero-order valence-electron chi connectivity index (χ0n) is 4.34. The van der Waals surface area contributed by atoms with Gasteiger partial charge in [-0.15, -0.1) is 0 Å². The minimum absolute atomic E-state index is 0.245. The summed E-state index contributed by atoms with van der Waals surface area (Å²) in [6.07, 6.45) is -2.31. The lowest BCUT2D eigenvalue weighted by Crippen LogP contribution is -1.74. The van der Waals surface area contributed by atoms with E-state index in [1.54, 1.807) is 0 Å². The molecule has 0 nitrogen and oxygen atoms in total. The highest BCUT2D eigenvalue weighted by atomic mass is 19.3. The molecule has 0 N–H and O–H groups in total. The second kappa shape index (κ2) is 2.55. The van der Waals surface area contributed by atoms with E-state index in [2.05, 4.69) is 6.58 Å². The van der Waals surface area contributed by atoms with Crippen LogP contribution >= 0.6 is 0 Å². The van der Waals surface area contributed by atoms with E-state index < -0.39 is 11.9 Å². The summed E-state index contributed by atoms with van der Waals surface area (Å²) in [5, 5.41) is 0. The lowest BCUT2D eigenvalue weighted by Gasteiger charge is -1.87. The summed E-state index contributed by atoms with van der Waals surface area (Å²) >= 11 is 0. The van der Waals surface area contributed by atoms with Crippen molar-refractivity contribution in [1.82, 2.24) is 0 Å². The van der Waals surface area contributed by atoms with E-state index in [1.165, 1.54) is 6.92 Å². The van der Waals surface area contributed by atoms with Crippen LogP contribution in [0.1, 0.15) is 6.92 Å². The summed E-state index contributed by atoms with van der Waals surface area (Å²) in [6, 6.07) is 0. The van der Waals surface area contributed by atoms with Crippen LogP contribution in [-0.2, 0) is 0 Å². The summed E-state index contributed by atoms with van der Waals surface area (Å²) in [6.45, 7) is 4.14. The lowest BCUT2D eigenvalue weighted by atomic mass is 10.3. The molecular weight excluding hydrogens is 117 g/mol. The van der Waals surface area contributed by atoms with Gasteiger partial charge in [0.15, 0.2) is 5.83 Å². The van der Waals surface area contributed by atoms with Crippen molar-refractivity contribution in [2.45, 2.75) is 6.92 Å². The molecule has 0 spiro atoms. The van der Waals surface area contributed by atoms with Crippen molar-refractivity contribution in [3.05, 3.63) is 24.1 Å². The van der Waals surface area contributed by atoms with Gasteiger partial charge < -0.3 is 0 Å². The SMILES string of the molecule is C=C(C)C(F)=C(F)F. The molecule has 0 saturated heterocycles. The summed E-state index contributed by atoms with van der Waals surface area (Å²) in [5.74, 6) is -1.51. The Balaban J connectivity index is 4.23. The van der Waals surface area contributed by atoms with Crippen LogP contribution in [-0.4, -0.2) is 0 Å². The molecule has 0 aliphatic rings. The van der Waals surface area contributed by atoms with Crippen molar-refractivity contribution in [3.8, 4) is 0 Å². The van der Waals surface area contributed by atoms with E-state index in [-0.39, 0.29) is 5.57 Å². The molecule has 0 atom stereocenters. The van der Waals surface area contributed by atoms with Gasteiger partial charge in [-0.2, -0.15) is 8.78 Å². The van der Waals surface area contributed by atoms with Gasteiger partial charge in [0.1, 0.15) is 0 Å². The molecule has 0 aromatic heterocycles. The highest BCUT2D eigenvalue weighted by Crippen LogP contribution is 2.15. The molecule has 46 valence electrons. The maximum atomic E-state index is 11.7. The maximum Gasteiger partial charge on any atom is 0.305 e. The minimum atomic E-state index is -2.31. The Kier molecular flexibility index (Phi) is 2.31. The smallest absolute Gasteiger partial charge is 0.201 e. The summed E-state index contributed by atoms with van der Waals surface area (Å²) in [4.78, 5) is 0. The molecule has 0 aliphatic carbocycles. The van der Waals surface area contributed by atoms with Crippen molar-refractivity contribution in [3.63, 3.8) is 0 Å². The van der Waals surface area contributed by atoms with Gasteiger partial charge in [-0.3, -0.25) is 0 Å². The zero-order valence-corrected chi connectivity index (χ0v) is 4.34. The number of allylic oxidation sites excluding steroid dienone is 2. The molecule has 0 fully saturated rings. The molecule has 0 aliphatic heterocycles. The van der Waals surface area contributed by atoms with E-state index in [1.807, 2.05) is 0 Å². The first-order valence-electron chi connectivity index (χ1n) is 1.92. The van der Waals surface area contributed by atoms with Crippen LogP contribution < -0.4 is 0 Å². The van der Waals surface area contributed by atoms with Crippen LogP contribution in [0.15, 0.2) is 24.1 Å². The van der Waals surface area contributed by atoms with Crippen LogP contribution in [0.3, 0.4) is 0 Å². The van der Waals surface area contributed by atoms with Gasteiger partial charge in [0.2, 0.25) is 0 Å². The number of hydrogen-bond donors (Lipinski definition) is 0. The molecule has 0 radical (unpaired) electrons. The first-order chi connectivity index (χ1) is 3.55. The Labute approximate surface area is 45.3 Å². The molecule has 8 heavy (non-hydrogen) atoms. The van der Waals surface area contributed by atoms with Gasteiger partial charge >= 0.3 is 6.08 Å². The predicted molar refractivity (Wildman–Crippen MR) is 25.2 cm³/mol. The zero-order chi connectivity index (χ0) is 6.73. The Morgan fingerprint density at radius 2 is 1.62 bits per heavy atom. The molecular formula is C5H5F3. The average molecular weight is 122 g/mol. The third-order valence-corrected chi connectivity index (χ3v) is 0.541. The summed E-state index contributed by atoms with van der Waals surface area (Å²) in [5.41, 5.74) is -0.245. The lowest BCUT2D eigenvalue weighted by molar-refractivity contribution is 0.384.